The van der Waals surface area contributed by atoms with Gasteiger partial charge in [-0.2, -0.15) is 5.10 Å². The summed E-state index contributed by atoms with van der Waals surface area (Å²) in [4.78, 5) is 15.9. The molecule has 0 aliphatic heterocycles. The number of rotatable bonds is 6. The van der Waals surface area contributed by atoms with Crippen LogP contribution in [0.4, 0.5) is 4.39 Å². The maximum absolute atomic E-state index is 14.1. The summed E-state index contributed by atoms with van der Waals surface area (Å²) in [5, 5.41) is 20.2. The Morgan fingerprint density at radius 3 is 2.79 bits per heavy atom. The zero-order valence-electron chi connectivity index (χ0n) is 14.9. The van der Waals surface area contributed by atoms with Gasteiger partial charge in [0.2, 0.25) is 0 Å². The number of carbonyl (C=O) groups is 1. The fraction of sp³-hybridized carbons (Fsp3) is 0.143. The maximum atomic E-state index is 14.1. The molecule has 142 valence electrons. The van der Waals surface area contributed by atoms with Crippen LogP contribution in [-0.4, -0.2) is 38.8 Å². The Hall–Kier alpha value is -3.45. The standard InChI is InChI=1S/C21H19FN4O2/c22-18-7-3-1-6-16(18)20-17(11-24-26-20)21(28)25-14(12-27)9-13-10-23-19-8-4-2-5-15(13)19/h1-8,10-11,14,23,27H,9,12H2,(H,24,26)(H,25,28). The van der Waals surface area contributed by atoms with E-state index in [1.54, 1.807) is 18.2 Å². The van der Waals surface area contributed by atoms with Crippen molar-refractivity contribution in [3.05, 3.63) is 77.9 Å². The summed E-state index contributed by atoms with van der Waals surface area (Å²) in [7, 11) is 0. The monoisotopic (exact) mass is 378 g/mol. The van der Waals surface area contributed by atoms with Crippen LogP contribution in [0.1, 0.15) is 15.9 Å². The molecule has 0 radical (unpaired) electrons. The molecule has 0 saturated heterocycles. The van der Waals surface area contributed by atoms with Crippen molar-refractivity contribution in [2.75, 3.05) is 6.61 Å². The number of carbonyl (C=O) groups excluding carboxylic acids is 1. The first-order valence-corrected chi connectivity index (χ1v) is 8.92. The number of aromatic nitrogens is 3. The third kappa shape index (κ3) is 3.39. The second-order valence-corrected chi connectivity index (χ2v) is 6.56. The smallest absolute Gasteiger partial charge is 0.255 e. The van der Waals surface area contributed by atoms with Gasteiger partial charge >= 0.3 is 0 Å². The van der Waals surface area contributed by atoms with E-state index in [4.69, 9.17) is 0 Å². The Kier molecular flexibility index (Phi) is 4.90. The molecule has 4 aromatic rings. The normalized spacial score (nSPS) is 12.2. The van der Waals surface area contributed by atoms with E-state index in [-0.39, 0.29) is 17.7 Å². The number of para-hydroxylation sites is 1. The topological polar surface area (TPSA) is 93.8 Å². The van der Waals surface area contributed by atoms with E-state index in [0.717, 1.165) is 16.5 Å². The molecular formula is C21H19FN4O2. The second kappa shape index (κ2) is 7.66. The van der Waals surface area contributed by atoms with Crippen LogP contribution in [0.25, 0.3) is 22.2 Å². The minimum absolute atomic E-state index is 0.224. The summed E-state index contributed by atoms with van der Waals surface area (Å²) in [5.41, 5.74) is 2.79. The highest BCUT2D eigenvalue weighted by atomic mass is 19.1. The molecule has 0 fully saturated rings. The lowest BCUT2D eigenvalue weighted by atomic mass is 10.0. The largest absolute Gasteiger partial charge is 0.394 e. The van der Waals surface area contributed by atoms with Gasteiger partial charge in [-0.25, -0.2) is 4.39 Å². The molecule has 4 N–H and O–H groups in total. The lowest BCUT2D eigenvalue weighted by Gasteiger charge is -2.16. The number of hydrogen-bond acceptors (Lipinski definition) is 3. The van der Waals surface area contributed by atoms with Gasteiger partial charge in [-0.15, -0.1) is 0 Å². The lowest BCUT2D eigenvalue weighted by molar-refractivity contribution is 0.0917. The van der Waals surface area contributed by atoms with Crippen LogP contribution in [0.5, 0.6) is 0 Å². The van der Waals surface area contributed by atoms with Crippen LogP contribution in [0.2, 0.25) is 0 Å². The summed E-state index contributed by atoms with van der Waals surface area (Å²) in [6, 6.07) is 13.5. The number of aliphatic hydroxyl groups is 1. The summed E-state index contributed by atoms with van der Waals surface area (Å²) in [5.74, 6) is -0.871. The molecule has 2 aromatic carbocycles. The van der Waals surface area contributed by atoms with Crippen molar-refractivity contribution in [2.45, 2.75) is 12.5 Å². The third-order valence-corrected chi connectivity index (χ3v) is 4.72. The molecule has 2 heterocycles. The fourth-order valence-electron chi connectivity index (χ4n) is 3.32. The predicted octanol–water partition coefficient (Wildman–Crippen LogP) is 3.03. The van der Waals surface area contributed by atoms with Crippen molar-refractivity contribution >= 4 is 16.8 Å². The van der Waals surface area contributed by atoms with Gasteiger partial charge in [0.25, 0.3) is 5.91 Å². The number of halogens is 1. The fourth-order valence-corrected chi connectivity index (χ4v) is 3.32. The minimum atomic E-state index is -0.491. The Balaban J connectivity index is 1.55. The molecule has 0 aliphatic rings. The van der Waals surface area contributed by atoms with Crippen molar-refractivity contribution in [2.24, 2.45) is 0 Å². The molecule has 1 unspecified atom stereocenters. The molecule has 1 amide bonds. The number of nitrogens with zero attached hydrogens (tertiary/aromatic N) is 1. The first-order valence-electron chi connectivity index (χ1n) is 8.92. The summed E-state index contributed by atoms with van der Waals surface area (Å²) < 4.78 is 14.1. The molecule has 0 saturated carbocycles. The summed E-state index contributed by atoms with van der Waals surface area (Å²) in [6.45, 7) is -0.224. The summed E-state index contributed by atoms with van der Waals surface area (Å²) >= 11 is 0. The van der Waals surface area contributed by atoms with Gasteiger partial charge in [-0.1, -0.05) is 30.3 Å². The second-order valence-electron chi connectivity index (χ2n) is 6.56. The number of amides is 1. The Labute approximate surface area is 160 Å². The average Bonchev–Trinajstić information content (AvgIpc) is 3.35. The number of aliphatic hydroxyl groups excluding tert-OH is 1. The van der Waals surface area contributed by atoms with Gasteiger partial charge in [0.05, 0.1) is 30.1 Å². The third-order valence-electron chi connectivity index (χ3n) is 4.72. The van der Waals surface area contributed by atoms with E-state index in [9.17, 15) is 14.3 Å². The highest BCUT2D eigenvalue weighted by Gasteiger charge is 2.21. The molecule has 2 aromatic heterocycles. The zero-order chi connectivity index (χ0) is 19.5. The van der Waals surface area contributed by atoms with Gasteiger partial charge in [0.1, 0.15) is 5.82 Å². The van der Waals surface area contributed by atoms with E-state index in [0.29, 0.717) is 12.1 Å². The van der Waals surface area contributed by atoms with E-state index < -0.39 is 17.8 Å². The zero-order valence-corrected chi connectivity index (χ0v) is 14.9. The number of aromatic amines is 2. The van der Waals surface area contributed by atoms with Crippen molar-refractivity contribution in [3.63, 3.8) is 0 Å². The van der Waals surface area contributed by atoms with Crippen LogP contribution in [0.3, 0.4) is 0 Å². The molecule has 0 spiro atoms. The number of benzene rings is 2. The Bertz CT molecular complexity index is 1120. The van der Waals surface area contributed by atoms with E-state index in [2.05, 4.69) is 20.5 Å². The number of H-pyrrole nitrogens is 2. The Morgan fingerprint density at radius 2 is 1.96 bits per heavy atom. The predicted molar refractivity (Wildman–Crippen MR) is 104 cm³/mol. The average molecular weight is 378 g/mol. The van der Waals surface area contributed by atoms with Crippen LogP contribution < -0.4 is 5.32 Å². The van der Waals surface area contributed by atoms with Gasteiger partial charge in [-0.05, 0) is 30.2 Å². The minimum Gasteiger partial charge on any atom is -0.394 e. The molecular weight excluding hydrogens is 359 g/mol. The molecule has 0 bridgehead atoms. The van der Waals surface area contributed by atoms with E-state index in [1.165, 1.54) is 12.3 Å². The highest BCUT2D eigenvalue weighted by molar-refractivity contribution is 6.00. The van der Waals surface area contributed by atoms with Crippen LogP contribution in [0.15, 0.2) is 60.9 Å². The van der Waals surface area contributed by atoms with Crippen molar-refractivity contribution in [1.29, 1.82) is 0 Å². The number of hydrogen-bond donors (Lipinski definition) is 4. The molecule has 0 aliphatic carbocycles. The van der Waals surface area contributed by atoms with Crippen LogP contribution >= 0.6 is 0 Å². The van der Waals surface area contributed by atoms with Crippen LogP contribution in [-0.2, 0) is 6.42 Å². The van der Waals surface area contributed by atoms with Crippen molar-refractivity contribution in [3.8, 4) is 11.3 Å². The van der Waals surface area contributed by atoms with Gasteiger partial charge in [0, 0.05) is 22.7 Å². The SMILES string of the molecule is O=C(NC(CO)Cc1c[nH]c2ccccc12)c1cn[nH]c1-c1ccccc1F. The first-order chi connectivity index (χ1) is 13.7. The molecule has 4 rings (SSSR count). The van der Waals surface area contributed by atoms with Gasteiger partial charge in [0.15, 0.2) is 0 Å². The molecule has 6 nitrogen and oxygen atoms in total. The van der Waals surface area contributed by atoms with Crippen LogP contribution in [0, 0.1) is 5.82 Å². The van der Waals surface area contributed by atoms with E-state index >= 15 is 0 Å². The lowest BCUT2D eigenvalue weighted by Crippen LogP contribution is -2.39. The molecule has 28 heavy (non-hydrogen) atoms. The van der Waals surface area contributed by atoms with Gasteiger partial charge < -0.3 is 15.4 Å². The van der Waals surface area contributed by atoms with Crippen molar-refractivity contribution in [1.82, 2.24) is 20.5 Å². The highest BCUT2D eigenvalue weighted by Crippen LogP contribution is 2.24. The van der Waals surface area contributed by atoms with E-state index in [1.807, 2.05) is 30.5 Å². The Morgan fingerprint density at radius 1 is 1.18 bits per heavy atom. The van der Waals surface area contributed by atoms with Crippen molar-refractivity contribution < 1.29 is 14.3 Å². The molecule has 1 atom stereocenters. The van der Waals surface area contributed by atoms with Gasteiger partial charge in [-0.3, -0.25) is 9.89 Å². The summed E-state index contributed by atoms with van der Waals surface area (Å²) in [6.07, 6.45) is 3.69. The first kappa shape index (κ1) is 17.9. The quantitative estimate of drug-likeness (QED) is 0.415. The number of fused-ring (bicyclic) bond motifs is 1. The molecule has 7 heteroatoms. The maximum Gasteiger partial charge on any atom is 0.255 e. The number of nitrogens with one attached hydrogen (secondary N) is 3.